The first kappa shape index (κ1) is 21.0. The topological polar surface area (TPSA) is 68.2 Å². The number of nitrogens with one attached hydrogen (secondary N) is 2. The van der Waals surface area contributed by atoms with Gasteiger partial charge in [0.05, 0.1) is 13.2 Å². The van der Waals surface area contributed by atoms with Crippen LogP contribution < -0.4 is 10.6 Å². The lowest BCUT2D eigenvalue weighted by atomic mass is 9.98. The largest absolute Gasteiger partial charge is 0.366 e. The van der Waals surface area contributed by atoms with E-state index >= 15 is 0 Å². The summed E-state index contributed by atoms with van der Waals surface area (Å²) in [6, 6.07) is 18.6. The molecule has 6 nitrogen and oxygen atoms in total. The molecule has 1 amide bonds. The molecule has 1 atom stereocenters. The van der Waals surface area contributed by atoms with Crippen LogP contribution in [0.15, 0.2) is 67.0 Å². The summed E-state index contributed by atoms with van der Waals surface area (Å²) >= 11 is 0. The monoisotopic (exact) mass is 412 g/mol. The molecule has 1 saturated heterocycles. The summed E-state index contributed by atoms with van der Waals surface area (Å²) in [7, 11) is 0. The highest BCUT2D eigenvalue weighted by atomic mass is 35.5. The molecule has 0 aliphatic carbocycles. The average Bonchev–Trinajstić information content (AvgIpc) is 3.26. The van der Waals surface area contributed by atoms with Crippen molar-refractivity contribution in [3.05, 3.63) is 78.1 Å². The second kappa shape index (κ2) is 10.2. The SMILES string of the molecule is Cl.O=C(NCc1ccccc1-c1ccc(Cn2cccn2)cc1)C1CNCCO1. The number of halogens is 1. The van der Waals surface area contributed by atoms with Crippen LogP contribution in [0.25, 0.3) is 11.1 Å². The van der Waals surface area contributed by atoms with Crippen LogP contribution in [0.5, 0.6) is 0 Å². The van der Waals surface area contributed by atoms with Gasteiger partial charge in [-0.15, -0.1) is 12.4 Å². The van der Waals surface area contributed by atoms with Gasteiger partial charge in [0.15, 0.2) is 0 Å². The van der Waals surface area contributed by atoms with Crippen molar-refractivity contribution in [1.82, 2.24) is 20.4 Å². The van der Waals surface area contributed by atoms with Gasteiger partial charge in [0.1, 0.15) is 6.10 Å². The maximum atomic E-state index is 12.3. The first-order chi connectivity index (χ1) is 13.8. The van der Waals surface area contributed by atoms with Gasteiger partial charge in [-0.05, 0) is 28.3 Å². The molecule has 1 aliphatic rings. The van der Waals surface area contributed by atoms with Crippen molar-refractivity contribution in [2.45, 2.75) is 19.2 Å². The van der Waals surface area contributed by atoms with E-state index in [1.54, 1.807) is 6.20 Å². The molecule has 3 aromatic rings. The number of hydrogen-bond donors (Lipinski definition) is 2. The molecule has 1 aromatic heterocycles. The fourth-order valence-electron chi connectivity index (χ4n) is 3.36. The maximum absolute atomic E-state index is 12.3. The van der Waals surface area contributed by atoms with Crippen molar-refractivity contribution in [3.63, 3.8) is 0 Å². The van der Waals surface area contributed by atoms with Crippen LogP contribution in [0.1, 0.15) is 11.1 Å². The molecule has 2 N–H and O–H groups in total. The molecular weight excluding hydrogens is 388 g/mol. The molecule has 0 saturated carbocycles. The molecule has 2 heterocycles. The third-order valence-electron chi connectivity index (χ3n) is 4.86. The highest BCUT2D eigenvalue weighted by Gasteiger charge is 2.21. The molecule has 1 unspecified atom stereocenters. The number of nitrogens with zero attached hydrogens (tertiary/aromatic N) is 2. The van der Waals surface area contributed by atoms with E-state index in [2.05, 4.69) is 46.1 Å². The Morgan fingerprint density at radius 2 is 2.00 bits per heavy atom. The van der Waals surface area contributed by atoms with Gasteiger partial charge in [-0.2, -0.15) is 5.10 Å². The van der Waals surface area contributed by atoms with Gasteiger partial charge in [0, 0.05) is 32.0 Å². The quantitative estimate of drug-likeness (QED) is 0.653. The van der Waals surface area contributed by atoms with Gasteiger partial charge < -0.3 is 15.4 Å². The van der Waals surface area contributed by atoms with Crippen LogP contribution >= 0.6 is 12.4 Å². The number of ether oxygens (including phenoxy) is 1. The Hall–Kier alpha value is -2.67. The summed E-state index contributed by atoms with van der Waals surface area (Å²) in [5, 5.41) is 10.4. The van der Waals surface area contributed by atoms with Crippen molar-refractivity contribution in [1.29, 1.82) is 0 Å². The molecule has 1 aliphatic heterocycles. The van der Waals surface area contributed by atoms with Crippen molar-refractivity contribution in [2.75, 3.05) is 19.7 Å². The molecule has 0 radical (unpaired) electrons. The minimum absolute atomic E-state index is 0. The number of hydrogen-bond acceptors (Lipinski definition) is 4. The van der Waals surface area contributed by atoms with Gasteiger partial charge in [0.2, 0.25) is 0 Å². The van der Waals surface area contributed by atoms with Gasteiger partial charge in [-0.3, -0.25) is 9.48 Å². The fourth-order valence-corrected chi connectivity index (χ4v) is 3.36. The second-order valence-corrected chi connectivity index (χ2v) is 6.84. The lowest BCUT2D eigenvalue weighted by Crippen LogP contribution is -2.47. The van der Waals surface area contributed by atoms with Crippen LogP contribution in [-0.4, -0.2) is 41.5 Å². The van der Waals surface area contributed by atoms with E-state index in [0.717, 1.165) is 29.8 Å². The lowest BCUT2D eigenvalue weighted by Gasteiger charge is -2.23. The number of amides is 1. The van der Waals surface area contributed by atoms with Gasteiger partial charge in [0.25, 0.3) is 5.91 Å². The minimum atomic E-state index is -0.414. The second-order valence-electron chi connectivity index (χ2n) is 6.84. The van der Waals surface area contributed by atoms with Crippen LogP contribution in [0, 0.1) is 0 Å². The Balaban J connectivity index is 0.00000240. The zero-order valence-electron chi connectivity index (χ0n) is 16.1. The standard InChI is InChI=1S/C22H24N4O2.ClH/c27-22(21-15-23-11-13-28-21)24-14-19-4-1-2-5-20(19)18-8-6-17(7-9-18)16-26-12-3-10-25-26;/h1-10,12,21,23H,11,13-16H2,(H,24,27);1H. The zero-order valence-corrected chi connectivity index (χ0v) is 16.9. The van der Waals surface area contributed by atoms with Gasteiger partial charge >= 0.3 is 0 Å². The van der Waals surface area contributed by atoms with Crippen LogP contribution in [0.4, 0.5) is 0 Å². The summed E-state index contributed by atoms with van der Waals surface area (Å²) < 4.78 is 7.42. The molecule has 152 valence electrons. The van der Waals surface area contributed by atoms with E-state index in [4.69, 9.17) is 4.74 Å². The third-order valence-corrected chi connectivity index (χ3v) is 4.86. The minimum Gasteiger partial charge on any atom is -0.366 e. The predicted octanol–water partition coefficient (Wildman–Crippen LogP) is 2.62. The van der Waals surface area contributed by atoms with Crippen molar-refractivity contribution in [3.8, 4) is 11.1 Å². The fraction of sp³-hybridized carbons (Fsp3) is 0.273. The Bertz CT molecular complexity index is 907. The van der Waals surface area contributed by atoms with Gasteiger partial charge in [-0.25, -0.2) is 0 Å². The number of morpholine rings is 1. The van der Waals surface area contributed by atoms with Crippen LogP contribution in [0.2, 0.25) is 0 Å². The Morgan fingerprint density at radius 1 is 1.17 bits per heavy atom. The molecule has 29 heavy (non-hydrogen) atoms. The Kier molecular flexibility index (Phi) is 7.41. The van der Waals surface area contributed by atoms with Crippen molar-refractivity contribution < 1.29 is 9.53 Å². The van der Waals surface area contributed by atoms with E-state index in [1.807, 2.05) is 35.1 Å². The number of carbonyl (C=O) groups excluding carboxylic acids is 1. The third kappa shape index (κ3) is 5.44. The number of benzene rings is 2. The molecular formula is C22H25ClN4O2. The first-order valence-corrected chi connectivity index (χ1v) is 9.54. The Labute approximate surface area is 176 Å². The molecule has 0 spiro atoms. The van der Waals surface area contributed by atoms with E-state index in [1.165, 1.54) is 5.56 Å². The van der Waals surface area contributed by atoms with Crippen LogP contribution in [0.3, 0.4) is 0 Å². The van der Waals surface area contributed by atoms with Crippen LogP contribution in [-0.2, 0) is 22.6 Å². The summed E-state index contributed by atoms with van der Waals surface area (Å²) in [6.07, 6.45) is 3.33. The number of carbonyl (C=O) groups is 1. The molecule has 2 aromatic carbocycles. The highest BCUT2D eigenvalue weighted by molar-refractivity contribution is 5.85. The first-order valence-electron chi connectivity index (χ1n) is 9.54. The van der Waals surface area contributed by atoms with E-state index < -0.39 is 6.10 Å². The molecule has 1 fully saturated rings. The number of rotatable bonds is 6. The summed E-state index contributed by atoms with van der Waals surface area (Å²) in [5.41, 5.74) is 4.53. The highest BCUT2D eigenvalue weighted by Crippen LogP contribution is 2.24. The lowest BCUT2D eigenvalue weighted by molar-refractivity contribution is -0.134. The maximum Gasteiger partial charge on any atom is 0.250 e. The van der Waals surface area contributed by atoms with E-state index in [-0.39, 0.29) is 18.3 Å². The van der Waals surface area contributed by atoms with Crippen molar-refractivity contribution >= 4 is 18.3 Å². The van der Waals surface area contributed by atoms with E-state index in [9.17, 15) is 4.79 Å². The average molecular weight is 413 g/mol. The van der Waals surface area contributed by atoms with Crippen molar-refractivity contribution in [2.24, 2.45) is 0 Å². The summed E-state index contributed by atoms with van der Waals surface area (Å²) in [6.45, 7) is 3.15. The Morgan fingerprint density at radius 3 is 2.72 bits per heavy atom. The number of aromatic nitrogens is 2. The summed E-state index contributed by atoms with van der Waals surface area (Å²) in [5.74, 6) is -0.0726. The summed E-state index contributed by atoms with van der Waals surface area (Å²) in [4.78, 5) is 12.3. The predicted molar refractivity (Wildman–Crippen MR) is 115 cm³/mol. The van der Waals surface area contributed by atoms with E-state index in [0.29, 0.717) is 19.7 Å². The molecule has 4 rings (SSSR count). The normalized spacial score (nSPS) is 16.1. The smallest absolute Gasteiger partial charge is 0.250 e. The van der Waals surface area contributed by atoms with Gasteiger partial charge in [-0.1, -0.05) is 48.5 Å². The molecule has 7 heteroatoms. The molecule has 0 bridgehead atoms. The zero-order chi connectivity index (χ0) is 19.2.